The number of imidazole rings is 1. The number of pyridine rings is 2. The third-order valence-electron chi connectivity index (χ3n) is 5.05. The zero-order chi connectivity index (χ0) is 22.7. The Bertz CT molecular complexity index is 1240. The Morgan fingerprint density at radius 1 is 1.09 bits per heavy atom. The van der Waals surface area contributed by atoms with E-state index in [9.17, 15) is 18.0 Å². The van der Waals surface area contributed by atoms with E-state index in [2.05, 4.69) is 15.3 Å². The van der Waals surface area contributed by atoms with Gasteiger partial charge in [-0.05, 0) is 35.9 Å². The number of carbonyl (C=O) groups excluding carboxylic acids is 1. The summed E-state index contributed by atoms with van der Waals surface area (Å²) in [7, 11) is 0. The first-order valence-electron chi connectivity index (χ1n) is 9.77. The van der Waals surface area contributed by atoms with Gasteiger partial charge in [-0.3, -0.25) is 9.78 Å². The normalized spacial score (nSPS) is 12.6. The molecule has 1 unspecified atom stereocenters. The lowest BCUT2D eigenvalue weighted by atomic mass is 9.91. The van der Waals surface area contributed by atoms with Gasteiger partial charge >= 0.3 is 6.18 Å². The lowest BCUT2D eigenvalue weighted by Crippen LogP contribution is -2.25. The predicted molar refractivity (Wildman–Crippen MR) is 114 cm³/mol. The van der Waals surface area contributed by atoms with E-state index in [1.165, 1.54) is 6.07 Å². The maximum Gasteiger partial charge on any atom is 0.416 e. The molecule has 1 amide bonds. The quantitative estimate of drug-likeness (QED) is 0.430. The van der Waals surface area contributed by atoms with Crippen molar-refractivity contribution in [2.24, 2.45) is 0 Å². The Morgan fingerprint density at radius 3 is 2.69 bits per heavy atom. The van der Waals surface area contributed by atoms with Crippen molar-refractivity contribution in [2.75, 3.05) is 0 Å². The minimum absolute atomic E-state index is 0.0749. The number of fused-ring (bicyclic) bond motifs is 1. The molecule has 0 aliphatic heterocycles. The van der Waals surface area contributed by atoms with Crippen LogP contribution in [-0.4, -0.2) is 20.3 Å². The molecule has 4 rings (SSSR count). The lowest BCUT2D eigenvalue weighted by molar-refractivity contribution is -0.137. The number of benzene rings is 1. The molecule has 3 heterocycles. The Hall–Kier alpha value is -3.39. The van der Waals surface area contributed by atoms with Crippen LogP contribution in [0.3, 0.4) is 0 Å². The van der Waals surface area contributed by atoms with Crippen LogP contribution in [0.2, 0.25) is 5.02 Å². The van der Waals surface area contributed by atoms with Crippen LogP contribution < -0.4 is 5.32 Å². The van der Waals surface area contributed by atoms with E-state index in [0.29, 0.717) is 27.6 Å². The van der Waals surface area contributed by atoms with E-state index < -0.39 is 17.7 Å². The molecule has 0 fully saturated rings. The van der Waals surface area contributed by atoms with Crippen LogP contribution in [0.4, 0.5) is 13.2 Å². The van der Waals surface area contributed by atoms with Gasteiger partial charge in [-0.15, -0.1) is 0 Å². The van der Waals surface area contributed by atoms with E-state index in [-0.39, 0.29) is 18.9 Å². The highest BCUT2D eigenvalue weighted by atomic mass is 35.5. The van der Waals surface area contributed by atoms with Gasteiger partial charge in [-0.2, -0.15) is 13.2 Å². The first-order chi connectivity index (χ1) is 15.3. The summed E-state index contributed by atoms with van der Waals surface area (Å²) in [6.07, 6.45) is 0.238. The molecule has 0 aliphatic carbocycles. The van der Waals surface area contributed by atoms with Gasteiger partial charge in [0.2, 0.25) is 5.91 Å². The molecule has 1 aromatic carbocycles. The van der Waals surface area contributed by atoms with Crippen molar-refractivity contribution in [3.8, 4) is 0 Å². The van der Waals surface area contributed by atoms with Crippen LogP contribution in [0.25, 0.3) is 5.65 Å². The average Bonchev–Trinajstić information content (AvgIpc) is 3.19. The van der Waals surface area contributed by atoms with Crippen LogP contribution in [0.1, 0.15) is 34.9 Å². The van der Waals surface area contributed by atoms with Gasteiger partial charge in [-0.25, -0.2) is 4.98 Å². The van der Waals surface area contributed by atoms with Gasteiger partial charge in [0.1, 0.15) is 5.65 Å². The Balaban J connectivity index is 1.68. The van der Waals surface area contributed by atoms with Crippen molar-refractivity contribution in [1.29, 1.82) is 0 Å². The van der Waals surface area contributed by atoms with Crippen molar-refractivity contribution < 1.29 is 18.0 Å². The molecule has 164 valence electrons. The van der Waals surface area contributed by atoms with E-state index in [1.54, 1.807) is 53.3 Å². The average molecular weight is 459 g/mol. The molecular formula is C23H18ClF3N4O. The Labute approximate surface area is 186 Å². The molecule has 1 N–H and O–H groups in total. The van der Waals surface area contributed by atoms with Crippen LogP contribution in [0, 0.1) is 0 Å². The molecule has 0 bridgehead atoms. The van der Waals surface area contributed by atoms with Crippen LogP contribution in [0.15, 0.2) is 73.2 Å². The maximum atomic E-state index is 13.3. The Morgan fingerprint density at radius 2 is 1.94 bits per heavy atom. The van der Waals surface area contributed by atoms with Crippen molar-refractivity contribution in [3.63, 3.8) is 0 Å². The second-order valence-corrected chi connectivity index (χ2v) is 7.67. The summed E-state index contributed by atoms with van der Waals surface area (Å²) in [5, 5.41) is 3.23. The fraction of sp³-hybridized carbons (Fsp3) is 0.174. The molecule has 3 aromatic heterocycles. The van der Waals surface area contributed by atoms with Gasteiger partial charge in [0.15, 0.2) is 0 Å². The molecule has 1 atom stereocenters. The summed E-state index contributed by atoms with van der Waals surface area (Å²) in [5.41, 5.74) is 1.40. The summed E-state index contributed by atoms with van der Waals surface area (Å²) in [6, 6.07) is 13.7. The summed E-state index contributed by atoms with van der Waals surface area (Å²) in [6.45, 7) is 0.216. The number of nitrogens with one attached hydrogen (secondary N) is 1. The predicted octanol–water partition coefficient (Wildman–Crippen LogP) is 5.24. The molecule has 4 aromatic rings. The zero-order valence-corrected chi connectivity index (χ0v) is 17.4. The number of carbonyl (C=O) groups is 1. The standard InChI is InChI=1S/C23H18ClF3N4O/c24-17-7-8-21-29-13-20(31(21)14-17)19(15-4-3-5-16(10-15)23(25,26)27)11-22(32)30-12-18-6-1-2-9-28-18/h1-10,13-14,19H,11-12H2,(H,30,32). The van der Waals surface area contributed by atoms with Gasteiger partial charge in [0.05, 0.1) is 28.5 Å². The second-order valence-electron chi connectivity index (χ2n) is 7.24. The first-order valence-corrected chi connectivity index (χ1v) is 10.2. The van der Waals surface area contributed by atoms with Gasteiger partial charge in [0.25, 0.3) is 0 Å². The number of nitrogens with zero attached hydrogens (tertiary/aromatic N) is 3. The fourth-order valence-corrected chi connectivity index (χ4v) is 3.67. The minimum Gasteiger partial charge on any atom is -0.350 e. The summed E-state index contributed by atoms with van der Waals surface area (Å²) in [4.78, 5) is 21.2. The molecular weight excluding hydrogens is 441 g/mol. The van der Waals surface area contributed by atoms with Gasteiger partial charge in [0, 0.05) is 30.9 Å². The molecule has 0 saturated heterocycles. The largest absolute Gasteiger partial charge is 0.416 e. The van der Waals surface area contributed by atoms with E-state index in [0.717, 1.165) is 12.1 Å². The number of halogens is 4. The smallest absolute Gasteiger partial charge is 0.350 e. The third-order valence-corrected chi connectivity index (χ3v) is 5.28. The number of rotatable bonds is 6. The summed E-state index contributed by atoms with van der Waals surface area (Å²) >= 11 is 6.12. The molecule has 0 spiro atoms. The molecule has 5 nitrogen and oxygen atoms in total. The molecule has 9 heteroatoms. The molecule has 0 saturated carbocycles. The topological polar surface area (TPSA) is 59.3 Å². The first kappa shape index (κ1) is 21.8. The minimum atomic E-state index is -4.50. The van der Waals surface area contributed by atoms with Crippen molar-refractivity contribution in [1.82, 2.24) is 19.7 Å². The third kappa shape index (κ3) is 4.91. The maximum absolute atomic E-state index is 13.3. The number of amides is 1. The van der Waals surface area contributed by atoms with Gasteiger partial charge < -0.3 is 9.72 Å². The number of hydrogen-bond donors (Lipinski definition) is 1. The van der Waals surface area contributed by atoms with Crippen LogP contribution in [-0.2, 0) is 17.5 Å². The summed E-state index contributed by atoms with van der Waals surface area (Å²) in [5.74, 6) is -0.996. The molecule has 0 radical (unpaired) electrons. The number of alkyl halides is 3. The van der Waals surface area contributed by atoms with Gasteiger partial charge in [-0.1, -0.05) is 35.9 Å². The molecule has 32 heavy (non-hydrogen) atoms. The monoisotopic (exact) mass is 458 g/mol. The van der Waals surface area contributed by atoms with E-state index in [1.807, 2.05) is 6.07 Å². The SMILES string of the molecule is O=C(CC(c1cccc(C(F)(F)F)c1)c1cnc2ccc(Cl)cn12)NCc1ccccn1. The summed E-state index contributed by atoms with van der Waals surface area (Å²) < 4.78 is 41.7. The fourth-order valence-electron chi connectivity index (χ4n) is 3.51. The van der Waals surface area contributed by atoms with Crippen molar-refractivity contribution >= 4 is 23.2 Å². The highest BCUT2D eigenvalue weighted by Gasteiger charge is 2.32. The number of aromatic nitrogens is 3. The lowest BCUT2D eigenvalue weighted by Gasteiger charge is -2.19. The van der Waals surface area contributed by atoms with Crippen molar-refractivity contribution in [2.45, 2.75) is 25.1 Å². The van der Waals surface area contributed by atoms with E-state index >= 15 is 0 Å². The van der Waals surface area contributed by atoms with E-state index in [4.69, 9.17) is 11.6 Å². The van der Waals surface area contributed by atoms with Crippen LogP contribution >= 0.6 is 11.6 Å². The molecule has 0 aliphatic rings. The van der Waals surface area contributed by atoms with Crippen LogP contribution in [0.5, 0.6) is 0 Å². The Kier molecular flexibility index (Phi) is 6.14. The number of hydrogen-bond acceptors (Lipinski definition) is 3. The van der Waals surface area contributed by atoms with Crippen molar-refractivity contribution in [3.05, 3.63) is 101 Å². The zero-order valence-electron chi connectivity index (χ0n) is 16.7. The second kappa shape index (κ2) is 9.00. The highest BCUT2D eigenvalue weighted by Crippen LogP contribution is 2.34. The highest BCUT2D eigenvalue weighted by molar-refractivity contribution is 6.30.